The monoisotopic (exact) mass is 460 g/mol. The number of nitriles is 1. The Morgan fingerprint density at radius 2 is 2.00 bits per heavy atom. The van der Waals surface area contributed by atoms with E-state index in [0.717, 1.165) is 40.4 Å². The number of aliphatic hydroxyl groups is 1. The molecular formula is C21H22BrClN4O. The third-order valence-electron chi connectivity index (χ3n) is 5.01. The second kappa shape index (κ2) is 8.95. The Hall–Kier alpha value is -2.07. The SMILES string of the molecule is Cc1cc2[nH]cc(-c3cnc(Br)c(N)c3Cl)c2cc1C#N.OC1CCCCC1. The van der Waals surface area contributed by atoms with Gasteiger partial charge in [0.2, 0.25) is 0 Å². The van der Waals surface area contributed by atoms with Crippen molar-refractivity contribution in [2.75, 3.05) is 5.73 Å². The molecule has 5 nitrogen and oxygen atoms in total. The van der Waals surface area contributed by atoms with Gasteiger partial charge >= 0.3 is 0 Å². The molecule has 1 saturated carbocycles. The summed E-state index contributed by atoms with van der Waals surface area (Å²) in [5.74, 6) is 0. The lowest BCUT2D eigenvalue weighted by molar-refractivity contribution is 0.130. The number of nitrogens with two attached hydrogens (primary N) is 1. The molecule has 0 aliphatic heterocycles. The van der Waals surface area contributed by atoms with Gasteiger partial charge in [-0.25, -0.2) is 4.98 Å². The Bertz CT molecular complexity index is 1040. The first-order valence-electron chi connectivity index (χ1n) is 9.22. The van der Waals surface area contributed by atoms with E-state index in [1.807, 2.05) is 25.3 Å². The molecule has 0 amide bonds. The standard InChI is InChI=1S/C15H10BrClN4.C6H12O/c1-7-2-12-9(3-8(7)4-18)10(5-20-12)11-6-21-15(16)14(19)13(11)17;7-6-4-2-1-3-5-6/h2-3,5-6,20H,19H2,1H3;6-7H,1-5H2. The number of aliphatic hydroxyl groups excluding tert-OH is 1. The number of halogens is 2. The van der Waals surface area contributed by atoms with Crippen LogP contribution in [0.25, 0.3) is 22.0 Å². The molecule has 0 radical (unpaired) electrons. The highest BCUT2D eigenvalue weighted by Gasteiger charge is 2.15. The van der Waals surface area contributed by atoms with Crippen LogP contribution in [0.15, 0.2) is 29.1 Å². The van der Waals surface area contributed by atoms with Crippen LogP contribution in [-0.2, 0) is 0 Å². The second-order valence-electron chi connectivity index (χ2n) is 7.01. The molecule has 0 saturated heterocycles. The molecule has 3 aromatic rings. The lowest BCUT2D eigenvalue weighted by Gasteiger charge is -2.14. The van der Waals surface area contributed by atoms with Crippen LogP contribution >= 0.6 is 27.5 Å². The highest BCUT2D eigenvalue weighted by atomic mass is 79.9. The first kappa shape index (κ1) is 20.7. The summed E-state index contributed by atoms with van der Waals surface area (Å²) in [6, 6.07) is 5.99. The zero-order valence-electron chi connectivity index (χ0n) is 15.6. The Labute approximate surface area is 177 Å². The number of benzene rings is 1. The number of anilines is 1. The lowest BCUT2D eigenvalue weighted by Crippen LogP contribution is -2.09. The number of aromatic amines is 1. The van der Waals surface area contributed by atoms with Crippen LogP contribution in [0.1, 0.15) is 43.2 Å². The summed E-state index contributed by atoms with van der Waals surface area (Å²) in [7, 11) is 0. The molecule has 1 aliphatic rings. The largest absolute Gasteiger partial charge is 0.395 e. The van der Waals surface area contributed by atoms with Gasteiger partial charge in [0.15, 0.2) is 0 Å². The highest BCUT2D eigenvalue weighted by Crippen LogP contribution is 2.38. The van der Waals surface area contributed by atoms with Crippen LogP contribution in [0.4, 0.5) is 5.69 Å². The van der Waals surface area contributed by atoms with Gasteiger partial charge in [-0.1, -0.05) is 30.9 Å². The molecule has 4 rings (SSSR count). The van der Waals surface area contributed by atoms with Gasteiger partial charge in [0.1, 0.15) is 4.60 Å². The topological polar surface area (TPSA) is 98.7 Å². The van der Waals surface area contributed by atoms with E-state index in [-0.39, 0.29) is 6.10 Å². The fourth-order valence-corrected chi connectivity index (χ4v) is 4.03. The molecule has 7 heteroatoms. The first-order valence-corrected chi connectivity index (χ1v) is 10.4. The molecule has 0 atom stereocenters. The number of hydrogen-bond acceptors (Lipinski definition) is 4. The van der Waals surface area contributed by atoms with E-state index in [1.54, 1.807) is 6.20 Å². The van der Waals surface area contributed by atoms with Gasteiger partial charge in [-0.2, -0.15) is 5.26 Å². The molecule has 4 N–H and O–H groups in total. The minimum absolute atomic E-state index is 0.0359. The quantitative estimate of drug-likeness (QED) is 0.404. The van der Waals surface area contributed by atoms with E-state index in [2.05, 4.69) is 32.0 Å². The molecule has 28 heavy (non-hydrogen) atoms. The summed E-state index contributed by atoms with van der Waals surface area (Å²) in [6.07, 6.45) is 9.44. The molecule has 0 spiro atoms. The zero-order valence-corrected chi connectivity index (χ0v) is 17.9. The van der Waals surface area contributed by atoms with E-state index in [0.29, 0.717) is 20.9 Å². The van der Waals surface area contributed by atoms with Crippen LogP contribution in [-0.4, -0.2) is 21.2 Å². The molecule has 1 aromatic carbocycles. The van der Waals surface area contributed by atoms with Crippen LogP contribution < -0.4 is 5.73 Å². The third kappa shape index (κ3) is 4.33. The van der Waals surface area contributed by atoms with Gasteiger partial charge in [0.25, 0.3) is 0 Å². The van der Waals surface area contributed by atoms with Crippen molar-refractivity contribution in [3.63, 3.8) is 0 Å². The lowest BCUT2D eigenvalue weighted by atomic mass is 9.98. The maximum Gasteiger partial charge on any atom is 0.130 e. The highest BCUT2D eigenvalue weighted by molar-refractivity contribution is 9.10. The van der Waals surface area contributed by atoms with E-state index >= 15 is 0 Å². The van der Waals surface area contributed by atoms with E-state index in [9.17, 15) is 5.26 Å². The van der Waals surface area contributed by atoms with Crippen LogP contribution in [0, 0.1) is 18.3 Å². The van der Waals surface area contributed by atoms with E-state index < -0.39 is 0 Å². The number of hydrogen-bond donors (Lipinski definition) is 3. The Kier molecular flexibility index (Phi) is 6.61. The molecule has 1 fully saturated rings. The van der Waals surface area contributed by atoms with Crippen LogP contribution in [0.3, 0.4) is 0 Å². The second-order valence-corrected chi connectivity index (χ2v) is 8.14. The predicted molar refractivity (Wildman–Crippen MR) is 117 cm³/mol. The van der Waals surface area contributed by atoms with Gasteiger partial charge in [-0.3, -0.25) is 0 Å². The number of pyridine rings is 1. The minimum atomic E-state index is 0.0359. The van der Waals surface area contributed by atoms with Gasteiger partial charge < -0.3 is 15.8 Å². The number of aromatic nitrogens is 2. The first-order chi connectivity index (χ1) is 13.4. The van der Waals surface area contributed by atoms with E-state index in [4.69, 9.17) is 22.4 Å². The van der Waals surface area contributed by atoms with Crippen molar-refractivity contribution in [2.24, 2.45) is 0 Å². The molecule has 0 unspecified atom stereocenters. The summed E-state index contributed by atoms with van der Waals surface area (Å²) in [5.41, 5.74) is 10.4. The van der Waals surface area contributed by atoms with Crippen molar-refractivity contribution >= 4 is 44.1 Å². The van der Waals surface area contributed by atoms with Gasteiger partial charge in [0.05, 0.1) is 28.4 Å². The molecule has 2 heterocycles. The average Bonchev–Trinajstić information content (AvgIpc) is 3.09. The summed E-state index contributed by atoms with van der Waals surface area (Å²) in [5, 5.41) is 19.5. The fraction of sp³-hybridized carbons (Fsp3) is 0.333. The summed E-state index contributed by atoms with van der Waals surface area (Å²) < 4.78 is 0.518. The Balaban J connectivity index is 0.000000271. The fourth-order valence-electron chi connectivity index (χ4n) is 3.37. The van der Waals surface area contributed by atoms with Gasteiger partial charge in [-0.15, -0.1) is 0 Å². The number of aryl methyl sites for hydroxylation is 1. The molecule has 0 bridgehead atoms. The minimum Gasteiger partial charge on any atom is -0.395 e. The zero-order chi connectivity index (χ0) is 20.3. The van der Waals surface area contributed by atoms with Crippen molar-refractivity contribution in [1.29, 1.82) is 5.26 Å². The Morgan fingerprint density at radius 1 is 1.29 bits per heavy atom. The summed E-state index contributed by atoms with van der Waals surface area (Å²) >= 11 is 9.58. The summed E-state index contributed by atoms with van der Waals surface area (Å²) in [6.45, 7) is 1.91. The number of nitrogen functional groups attached to an aromatic ring is 1. The van der Waals surface area contributed by atoms with Crippen LogP contribution in [0.2, 0.25) is 5.02 Å². The summed E-state index contributed by atoms with van der Waals surface area (Å²) in [4.78, 5) is 7.38. The molecule has 1 aliphatic carbocycles. The van der Waals surface area contributed by atoms with Crippen molar-refractivity contribution in [3.05, 3.63) is 45.3 Å². The Morgan fingerprint density at radius 3 is 2.61 bits per heavy atom. The van der Waals surface area contributed by atoms with Crippen molar-refractivity contribution in [3.8, 4) is 17.2 Å². The number of nitrogens with zero attached hydrogens (tertiary/aromatic N) is 2. The van der Waals surface area contributed by atoms with E-state index in [1.165, 1.54) is 19.3 Å². The normalized spacial score (nSPS) is 14.4. The van der Waals surface area contributed by atoms with Crippen molar-refractivity contribution in [1.82, 2.24) is 9.97 Å². The van der Waals surface area contributed by atoms with Gasteiger partial charge in [-0.05, 0) is 53.4 Å². The smallest absolute Gasteiger partial charge is 0.130 e. The predicted octanol–water partition coefficient (Wildman–Crippen LogP) is 5.72. The van der Waals surface area contributed by atoms with Crippen molar-refractivity contribution < 1.29 is 5.11 Å². The number of fused-ring (bicyclic) bond motifs is 1. The molecule has 2 aromatic heterocycles. The molecular weight excluding hydrogens is 440 g/mol. The number of H-pyrrole nitrogens is 1. The van der Waals surface area contributed by atoms with Crippen LogP contribution in [0.5, 0.6) is 0 Å². The molecule has 146 valence electrons. The number of nitrogens with one attached hydrogen (secondary N) is 1. The third-order valence-corrected chi connectivity index (χ3v) is 6.05. The van der Waals surface area contributed by atoms with Crippen molar-refractivity contribution in [2.45, 2.75) is 45.1 Å². The maximum atomic E-state index is 9.19. The number of rotatable bonds is 1. The average molecular weight is 462 g/mol. The van der Waals surface area contributed by atoms with Gasteiger partial charge in [0, 0.05) is 34.4 Å². The maximum absolute atomic E-state index is 9.19.